The fourth-order valence-electron chi connectivity index (χ4n) is 2.16. The highest BCUT2D eigenvalue weighted by Crippen LogP contribution is 2.25. The summed E-state index contributed by atoms with van der Waals surface area (Å²) in [5, 5.41) is 17.5. The summed E-state index contributed by atoms with van der Waals surface area (Å²) in [5.74, 6) is 2.52. The molecule has 1 aromatic heterocycles. The van der Waals surface area contributed by atoms with Gasteiger partial charge in [-0.25, -0.2) is 0 Å². The fraction of sp³-hybridized carbons (Fsp3) is 0.643. The van der Waals surface area contributed by atoms with E-state index < -0.39 is 5.60 Å². The van der Waals surface area contributed by atoms with Crippen molar-refractivity contribution in [2.75, 3.05) is 25.9 Å². The first-order valence-electron chi connectivity index (χ1n) is 6.94. The maximum absolute atomic E-state index is 10.4. The van der Waals surface area contributed by atoms with Crippen LogP contribution in [0.25, 0.3) is 0 Å². The quantitative estimate of drug-likeness (QED) is 0.383. The van der Waals surface area contributed by atoms with Crippen LogP contribution in [-0.2, 0) is 5.60 Å². The van der Waals surface area contributed by atoms with Gasteiger partial charge in [-0.2, -0.15) is 11.8 Å². The molecule has 21 heavy (non-hydrogen) atoms. The van der Waals surface area contributed by atoms with Crippen molar-refractivity contribution in [3.63, 3.8) is 0 Å². The van der Waals surface area contributed by atoms with Crippen molar-refractivity contribution in [2.24, 2.45) is 4.99 Å². The molecule has 2 rings (SSSR count). The third-order valence-corrected chi connectivity index (χ3v) is 4.79. The van der Waals surface area contributed by atoms with Gasteiger partial charge in [0.25, 0.3) is 0 Å². The smallest absolute Gasteiger partial charge is 0.191 e. The topological polar surface area (TPSA) is 69.8 Å². The first-order valence-corrected chi connectivity index (χ1v) is 7.99. The summed E-state index contributed by atoms with van der Waals surface area (Å²) in [6, 6.07) is 3.54. The van der Waals surface area contributed by atoms with Crippen LogP contribution < -0.4 is 10.6 Å². The van der Waals surface area contributed by atoms with Crippen LogP contribution in [-0.4, -0.2) is 42.2 Å². The zero-order chi connectivity index (χ0) is 14.4. The predicted octanol–water partition coefficient (Wildman–Crippen LogP) is 2.17. The Morgan fingerprint density at radius 3 is 2.95 bits per heavy atom. The third kappa shape index (κ3) is 5.71. The van der Waals surface area contributed by atoms with Gasteiger partial charge in [0.2, 0.25) is 0 Å². The molecule has 1 aromatic rings. The Labute approximate surface area is 147 Å². The van der Waals surface area contributed by atoms with Crippen molar-refractivity contribution in [3.05, 3.63) is 24.2 Å². The highest BCUT2D eigenvalue weighted by atomic mass is 127. The van der Waals surface area contributed by atoms with Gasteiger partial charge in [0.1, 0.15) is 11.4 Å². The van der Waals surface area contributed by atoms with Gasteiger partial charge in [-0.15, -0.1) is 24.0 Å². The average Bonchev–Trinajstić information content (AvgIpc) is 3.12. The molecule has 1 aliphatic heterocycles. The molecule has 2 atom stereocenters. The molecule has 7 heteroatoms. The molecule has 0 saturated carbocycles. The van der Waals surface area contributed by atoms with Crippen molar-refractivity contribution in [2.45, 2.75) is 30.6 Å². The second-order valence-corrected chi connectivity index (χ2v) is 6.60. The van der Waals surface area contributed by atoms with Crippen molar-refractivity contribution >= 4 is 41.7 Å². The van der Waals surface area contributed by atoms with Crippen LogP contribution in [0.4, 0.5) is 0 Å². The number of guanidine groups is 1. The lowest BCUT2D eigenvalue weighted by molar-refractivity contribution is 0.0386. The molecule has 2 unspecified atom stereocenters. The minimum atomic E-state index is -1.05. The number of thioether (sulfide) groups is 1. The molecule has 0 aliphatic carbocycles. The Hall–Kier alpha value is -0.410. The molecule has 0 spiro atoms. The number of hydrogen-bond donors (Lipinski definition) is 3. The van der Waals surface area contributed by atoms with Gasteiger partial charge in [0, 0.05) is 18.8 Å². The van der Waals surface area contributed by atoms with E-state index in [1.807, 2.05) is 11.8 Å². The van der Waals surface area contributed by atoms with E-state index in [1.54, 1.807) is 32.4 Å². The van der Waals surface area contributed by atoms with Crippen molar-refractivity contribution < 1.29 is 9.52 Å². The first kappa shape index (κ1) is 18.6. The van der Waals surface area contributed by atoms with Gasteiger partial charge < -0.3 is 20.2 Å². The molecule has 0 bridgehead atoms. The number of aliphatic imine (C=N–C) groups is 1. The molecule has 0 radical (unpaired) electrons. The van der Waals surface area contributed by atoms with Crippen LogP contribution in [0.5, 0.6) is 0 Å². The summed E-state index contributed by atoms with van der Waals surface area (Å²) in [4.78, 5) is 4.18. The normalized spacial score (nSPS) is 21.5. The van der Waals surface area contributed by atoms with Crippen molar-refractivity contribution in [1.29, 1.82) is 0 Å². The highest BCUT2D eigenvalue weighted by Gasteiger charge is 2.26. The molecule has 1 saturated heterocycles. The molecule has 5 nitrogen and oxygen atoms in total. The van der Waals surface area contributed by atoms with Gasteiger partial charge in [0.05, 0.1) is 12.8 Å². The van der Waals surface area contributed by atoms with E-state index >= 15 is 0 Å². The molecule has 2 heterocycles. The molecule has 120 valence electrons. The molecule has 0 amide bonds. The van der Waals surface area contributed by atoms with Gasteiger partial charge in [-0.05, 0) is 37.7 Å². The average molecular weight is 425 g/mol. The summed E-state index contributed by atoms with van der Waals surface area (Å²) in [6.07, 6.45) is 4.13. The summed E-state index contributed by atoms with van der Waals surface area (Å²) >= 11 is 2.01. The number of nitrogens with one attached hydrogen (secondary N) is 2. The summed E-state index contributed by atoms with van der Waals surface area (Å²) in [6.45, 7) is 2.98. The number of hydrogen-bond acceptors (Lipinski definition) is 4. The Morgan fingerprint density at radius 2 is 2.38 bits per heavy atom. The van der Waals surface area contributed by atoms with E-state index in [4.69, 9.17) is 4.42 Å². The van der Waals surface area contributed by atoms with E-state index in [1.165, 1.54) is 18.6 Å². The molecular formula is C14H24IN3O2S. The van der Waals surface area contributed by atoms with E-state index in [-0.39, 0.29) is 24.0 Å². The van der Waals surface area contributed by atoms with Crippen LogP contribution in [0.15, 0.2) is 27.8 Å². The second kappa shape index (κ2) is 8.89. The molecule has 3 N–H and O–H groups in total. The zero-order valence-corrected chi connectivity index (χ0v) is 15.6. The number of aliphatic hydroxyl groups is 1. The fourth-order valence-corrected chi connectivity index (χ4v) is 3.37. The number of nitrogens with zero attached hydrogens (tertiary/aromatic N) is 1. The lowest BCUT2D eigenvalue weighted by atomic mass is 10.0. The molecule has 0 aromatic carbocycles. The van der Waals surface area contributed by atoms with Gasteiger partial charge in [-0.3, -0.25) is 4.99 Å². The minimum absolute atomic E-state index is 0. The van der Waals surface area contributed by atoms with Gasteiger partial charge >= 0.3 is 0 Å². The summed E-state index contributed by atoms with van der Waals surface area (Å²) in [5.41, 5.74) is -1.05. The SMILES string of the molecule is CN=C(NCC1CCCS1)NCC(C)(O)c1ccco1.I. The van der Waals surface area contributed by atoms with Crippen LogP contribution in [0.3, 0.4) is 0 Å². The van der Waals surface area contributed by atoms with Gasteiger partial charge in [-0.1, -0.05) is 0 Å². The zero-order valence-electron chi connectivity index (χ0n) is 12.5. The maximum atomic E-state index is 10.4. The predicted molar refractivity (Wildman–Crippen MR) is 98.5 cm³/mol. The summed E-state index contributed by atoms with van der Waals surface area (Å²) in [7, 11) is 1.73. The minimum Gasteiger partial charge on any atom is -0.466 e. The number of rotatable bonds is 5. The van der Waals surface area contributed by atoms with Crippen molar-refractivity contribution in [3.8, 4) is 0 Å². The lowest BCUT2D eigenvalue weighted by Crippen LogP contribution is -2.45. The monoisotopic (exact) mass is 425 g/mol. The van der Waals surface area contributed by atoms with E-state index in [0.717, 1.165) is 6.54 Å². The maximum Gasteiger partial charge on any atom is 0.191 e. The molecule has 1 aliphatic rings. The number of halogens is 1. The largest absolute Gasteiger partial charge is 0.466 e. The Morgan fingerprint density at radius 1 is 1.57 bits per heavy atom. The van der Waals surface area contributed by atoms with Crippen LogP contribution in [0.1, 0.15) is 25.5 Å². The number of furan rings is 1. The van der Waals surface area contributed by atoms with Crippen LogP contribution in [0, 0.1) is 0 Å². The highest BCUT2D eigenvalue weighted by molar-refractivity contribution is 14.0. The Bertz CT molecular complexity index is 431. The van der Waals surface area contributed by atoms with Crippen LogP contribution in [0.2, 0.25) is 0 Å². The first-order chi connectivity index (χ1) is 9.62. The van der Waals surface area contributed by atoms with E-state index in [2.05, 4.69) is 15.6 Å². The molecular weight excluding hydrogens is 401 g/mol. The third-order valence-electron chi connectivity index (χ3n) is 3.40. The summed E-state index contributed by atoms with van der Waals surface area (Å²) < 4.78 is 5.25. The Balaban J connectivity index is 0.00000220. The van der Waals surface area contributed by atoms with Gasteiger partial charge in [0.15, 0.2) is 5.96 Å². The lowest BCUT2D eigenvalue weighted by Gasteiger charge is -2.23. The Kier molecular flexibility index (Phi) is 7.89. The van der Waals surface area contributed by atoms with E-state index in [0.29, 0.717) is 23.5 Å². The van der Waals surface area contributed by atoms with Crippen LogP contribution >= 0.6 is 35.7 Å². The van der Waals surface area contributed by atoms with Crippen molar-refractivity contribution in [1.82, 2.24) is 10.6 Å². The second-order valence-electron chi connectivity index (χ2n) is 5.19. The standard InChI is InChI=1S/C14H23N3O2S.HI/c1-14(18,12-6-3-7-19-12)10-17-13(15-2)16-9-11-5-4-8-20-11;/h3,6-7,11,18H,4-5,8-10H2,1-2H3,(H2,15,16,17);1H. The molecule has 1 fully saturated rings. The van der Waals surface area contributed by atoms with E-state index in [9.17, 15) is 5.11 Å².